The van der Waals surface area contributed by atoms with Gasteiger partial charge < -0.3 is 4.98 Å². The standard InChI is InChI=1S/C10H6BrF2NO/c1-4-2-7(15)8-9(13)6(12)3-5(11)10(8)14-4/h2-3H,1H3,(H,14,15). The highest BCUT2D eigenvalue weighted by molar-refractivity contribution is 9.10. The smallest absolute Gasteiger partial charge is 0.192 e. The van der Waals surface area contributed by atoms with Crippen LogP contribution in [0.3, 0.4) is 0 Å². The molecule has 2 aromatic rings. The van der Waals surface area contributed by atoms with Crippen LogP contribution in [0.1, 0.15) is 5.69 Å². The second-order valence-corrected chi connectivity index (χ2v) is 4.08. The van der Waals surface area contributed by atoms with Crippen molar-refractivity contribution in [2.75, 3.05) is 0 Å². The number of aryl methyl sites for hydroxylation is 1. The Morgan fingerprint density at radius 2 is 2.00 bits per heavy atom. The van der Waals surface area contributed by atoms with Crippen LogP contribution in [0.4, 0.5) is 8.78 Å². The molecule has 0 atom stereocenters. The Hall–Kier alpha value is -1.23. The summed E-state index contributed by atoms with van der Waals surface area (Å²) in [4.78, 5) is 14.3. The zero-order valence-electron chi connectivity index (χ0n) is 7.70. The molecule has 0 bridgehead atoms. The second kappa shape index (κ2) is 3.41. The first-order chi connectivity index (χ1) is 7.00. The SMILES string of the molecule is Cc1cc(=O)c2c(F)c(F)cc(Br)c2[nH]1. The molecular formula is C10H6BrF2NO. The molecule has 1 heterocycles. The predicted octanol–water partition coefficient (Wildman–Crippen LogP) is 2.88. The molecule has 1 aromatic carbocycles. The van der Waals surface area contributed by atoms with Gasteiger partial charge in [0.05, 0.1) is 10.9 Å². The molecule has 15 heavy (non-hydrogen) atoms. The second-order valence-electron chi connectivity index (χ2n) is 3.22. The van der Waals surface area contributed by atoms with Crippen LogP contribution in [-0.2, 0) is 0 Å². The van der Waals surface area contributed by atoms with E-state index in [9.17, 15) is 13.6 Å². The number of aromatic amines is 1. The highest BCUT2D eigenvalue weighted by Crippen LogP contribution is 2.24. The first-order valence-electron chi connectivity index (χ1n) is 4.18. The maximum atomic E-state index is 13.4. The third-order valence-corrected chi connectivity index (χ3v) is 2.71. The van der Waals surface area contributed by atoms with E-state index in [1.165, 1.54) is 6.07 Å². The fourth-order valence-electron chi connectivity index (χ4n) is 1.45. The van der Waals surface area contributed by atoms with E-state index < -0.39 is 17.1 Å². The van der Waals surface area contributed by atoms with Crippen LogP contribution in [0.15, 0.2) is 21.4 Å². The summed E-state index contributed by atoms with van der Waals surface area (Å²) in [6, 6.07) is 2.23. The van der Waals surface area contributed by atoms with Crippen molar-refractivity contribution in [2.24, 2.45) is 0 Å². The minimum Gasteiger partial charge on any atom is -0.357 e. The summed E-state index contributed by atoms with van der Waals surface area (Å²) in [5.74, 6) is -2.15. The quantitative estimate of drug-likeness (QED) is 0.736. The van der Waals surface area contributed by atoms with Gasteiger partial charge in [-0.2, -0.15) is 0 Å². The van der Waals surface area contributed by atoms with Gasteiger partial charge in [-0.15, -0.1) is 0 Å². The molecular weight excluding hydrogens is 268 g/mol. The summed E-state index contributed by atoms with van der Waals surface area (Å²) in [5.41, 5.74) is 0.344. The van der Waals surface area contributed by atoms with Gasteiger partial charge >= 0.3 is 0 Å². The average molecular weight is 274 g/mol. The van der Waals surface area contributed by atoms with Crippen LogP contribution in [0, 0.1) is 18.6 Å². The van der Waals surface area contributed by atoms with E-state index in [1.807, 2.05) is 0 Å². The molecule has 0 fully saturated rings. The van der Waals surface area contributed by atoms with Gasteiger partial charge in [0.15, 0.2) is 17.1 Å². The van der Waals surface area contributed by atoms with E-state index in [0.717, 1.165) is 6.07 Å². The molecule has 1 aromatic heterocycles. The molecule has 0 aliphatic rings. The van der Waals surface area contributed by atoms with Gasteiger partial charge in [-0.1, -0.05) is 0 Å². The van der Waals surface area contributed by atoms with E-state index >= 15 is 0 Å². The molecule has 2 nitrogen and oxygen atoms in total. The van der Waals surface area contributed by atoms with Crippen molar-refractivity contribution in [1.82, 2.24) is 4.98 Å². The summed E-state index contributed by atoms with van der Waals surface area (Å²) < 4.78 is 26.7. The van der Waals surface area contributed by atoms with Crippen molar-refractivity contribution >= 4 is 26.8 Å². The zero-order valence-corrected chi connectivity index (χ0v) is 9.28. The molecule has 0 amide bonds. The van der Waals surface area contributed by atoms with Gasteiger partial charge in [0.1, 0.15) is 0 Å². The lowest BCUT2D eigenvalue weighted by atomic mass is 10.2. The minimum atomic E-state index is -1.12. The maximum absolute atomic E-state index is 13.4. The number of aromatic nitrogens is 1. The van der Waals surface area contributed by atoms with Gasteiger partial charge in [0.2, 0.25) is 0 Å². The molecule has 0 unspecified atom stereocenters. The minimum absolute atomic E-state index is 0.257. The van der Waals surface area contributed by atoms with Crippen molar-refractivity contribution in [3.05, 3.63) is 44.2 Å². The van der Waals surface area contributed by atoms with Gasteiger partial charge in [0, 0.05) is 16.2 Å². The Morgan fingerprint density at radius 1 is 1.33 bits per heavy atom. The molecule has 0 spiro atoms. The van der Waals surface area contributed by atoms with Crippen LogP contribution in [0.5, 0.6) is 0 Å². The Balaban J connectivity index is 3.10. The van der Waals surface area contributed by atoms with Gasteiger partial charge in [-0.05, 0) is 28.9 Å². The van der Waals surface area contributed by atoms with Gasteiger partial charge in [0.25, 0.3) is 0 Å². The molecule has 0 aliphatic carbocycles. The molecule has 78 valence electrons. The number of nitrogens with one attached hydrogen (secondary N) is 1. The van der Waals surface area contributed by atoms with Gasteiger partial charge in [-0.3, -0.25) is 4.79 Å². The summed E-state index contributed by atoms with van der Waals surface area (Å²) in [7, 11) is 0. The Kier molecular flexibility index (Phi) is 2.34. The van der Waals surface area contributed by atoms with Crippen LogP contribution < -0.4 is 5.43 Å². The van der Waals surface area contributed by atoms with E-state index in [1.54, 1.807) is 6.92 Å². The first kappa shape index (κ1) is 10.3. The number of halogens is 3. The van der Waals surface area contributed by atoms with Crippen molar-refractivity contribution in [2.45, 2.75) is 6.92 Å². The summed E-state index contributed by atoms with van der Waals surface area (Å²) in [5, 5.41) is -0.257. The van der Waals surface area contributed by atoms with Crippen LogP contribution in [-0.4, -0.2) is 4.98 Å². The molecule has 1 N–H and O–H groups in total. The number of hydrogen-bond acceptors (Lipinski definition) is 1. The van der Waals surface area contributed by atoms with E-state index in [4.69, 9.17) is 0 Å². The number of fused-ring (bicyclic) bond motifs is 1. The Bertz CT molecular complexity index is 606. The molecule has 0 radical (unpaired) electrons. The van der Waals surface area contributed by atoms with E-state index in [0.29, 0.717) is 10.2 Å². The highest BCUT2D eigenvalue weighted by Gasteiger charge is 2.14. The molecule has 0 saturated carbocycles. The van der Waals surface area contributed by atoms with Crippen LogP contribution in [0.25, 0.3) is 10.9 Å². The highest BCUT2D eigenvalue weighted by atomic mass is 79.9. The maximum Gasteiger partial charge on any atom is 0.192 e. The number of H-pyrrole nitrogens is 1. The molecule has 0 saturated heterocycles. The lowest BCUT2D eigenvalue weighted by molar-refractivity contribution is 0.516. The predicted molar refractivity (Wildman–Crippen MR) is 56.9 cm³/mol. The van der Waals surface area contributed by atoms with Crippen LogP contribution >= 0.6 is 15.9 Å². The molecule has 0 aliphatic heterocycles. The topological polar surface area (TPSA) is 32.9 Å². The largest absolute Gasteiger partial charge is 0.357 e. The lowest BCUT2D eigenvalue weighted by Gasteiger charge is -2.04. The Morgan fingerprint density at radius 3 is 2.67 bits per heavy atom. The van der Waals surface area contributed by atoms with E-state index in [2.05, 4.69) is 20.9 Å². The summed E-state index contributed by atoms with van der Waals surface area (Å²) >= 11 is 3.07. The van der Waals surface area contributed by atoms with Crippen molar-refractivity contribution < 1.29 is 8.78 Å². The fraction of sp³-hybridized carbons (Fsp3) is 0.100. The van der Waals surface area contributed by atoms with Crippen molar-refractivity contribution in [1.29, 1.82) is 0 Å². The lowest BCUT2D eigenvalue weighted by Crippen LogP contribution is -2.07. The first-order valence-corrected chi connectivity index (χ1v) is 4.97. The molecule has 2 rings (SSSR count). The van der Waals surface area contributed by atoms with Crippen molar-refractivity contribution in [3.63, 3.8) is 0 Å². The fourth-order valence-corrected chi connectivity index (χ4v) is 1.95. The third-order valence-electron chi connectivity index (χ3n) is 2.09. The number of rotatable bonds is 0. The number of pyridine rings is 1. The normalized spacial score (nSPS) is 10.9. The average Bonchev–Trinajstić information content (AvgIpc) is 2.13. The summed E-state index contributed by atoms with van der Waals surface area (Å²) in [6.07, 6.45) is 0. The number of hydrogen-bond donors (Lipinski definition) is 1. The van der Waals surface area contributed by atoms with E-state index in [-0.39, 0.29) is 10.9 Å². The third kappa shape index (κ3) is 1.56. The number of benzene rings is 1. The Labute approximate surface area is 92.1 Å². The zero-order chi connectivity index (χ0) is 11.2. The molecule has 5 heteroatoms. The van der Waals surface area contributed by atoms with Crippen molar-refractivity contribution in [3.8, 4) is 0 Å². The van der Waals surface area contributed by atoms with Crippen LogP contribution in [0.2, 0.25) is 0 Å². The summed E-state index contributed by atoms with van der Waals surface area (Å²) in [6.45, 7) is 1.68. The van der Waals surface area contributed by atoms with Gasteiger partial charge in [-0.25, -0.2) is 8.78 Å². The monoisotopic (exact) mass is 273 g/mol.